The molecular formula is C7H14N2O. The van der Waals surface area contributed by atoms with E-state index in [4.69, 9.17) is 5.73 Å². The summed E-state index contributed by atoms with van der Waals surface area (Å²) in [5, 5.41) is 0. The van der Waals surface area contributed by atoms with E-state index in [0.29, 0.717) is 0 Å². The number of nitrogens with two attached hydrogens (primary N) is 1. The second-order valence-corrected chi connectivity index (χ2v) is 2.82. The number of amides is 1. The SMILES string of the molecule is C[C@H](N)C(=O)N1CCCC1. The van der Waals surface area contributed by atoms with E-state index in [0.717, 1.165) is 25.9 Å². The van der Waals surface area contributed by atoms with Crippen LogP contribution in [0.2, 0.25) is 0 Å². The average Bonchev–Trinajstić information content (AvgIpc) is 2.36. The fraction of sp³-hybridized carbons (Fsp3) is 0.857. The Morgan fingerprint density at radius 1 is 1.50 bits per heavy atom. The van der Waals surface area contributed by atoms with Gasteiger partial charge in [0.15, 0.2) is 0 Å². The summed E-state index contributed by atoms with van der Waals surface area (Å²) in [4.78, 5) is 13.0. The largest absolute Gasteiger partial charge is 0.341 e. The number of carbonyl (C=O) groups is 1. The van der Waals surface area contributed by atoms with Gasteiger partial charge < -0.3 is 10.6 Å². The molecule has 2 N–H and O–H groups in total. The molecule has 58 valence electrons. The Morgan fingerprint density at radius 2 is 2.00 bits per heavy atom. The summed E-state index contributed by atoms with van der Waals surface area (Å²) < 4.78 is 0. The van der Waals surface area contributed by atoms with Gasteiger partial charge in [0.25, 0.3) is 0 Å². The van der Waals surface area contributed by atoms with E-state index in [1.807, 2.05) is 4.90 Å². The van der Waals surface area contributed by atoms with Crippen LogP contribution in [0.15, 0.2) is 0 Å². The van der Waals surface area contributed by atoms with Crippen molar-refractivity contribution < 1.29 is 4.79 Å². The molecule has 1 amide bonds. The zero-order valence-electron chi connectivity index (χ0n) is 6.34. The fourth-order valence-corrected chi connectivity index (χ4v) is 1.23. The molecule has 1 atom stereocenters. The maximum atomic E-state index is 11.1. The third-order valence-corrected chi connectivity index (χ3v) is 1.81. The van der Waals surface area contributed by atoms with Gasteiger partial charge in [0, 0.05) is 13.1 Å². The Labute approximate surface area is 61.2 Å². The van der Waals surface area contributed by atoms with Gasteiger partial charge in [-0.25, -0.2) is 0 Å². The van der Waals surface area contributed by atoms with E-state index in [9.17, 15) is 4.79 Å². The van der Waals surface area contributed by atoms with Gasteiger partial charge in [-0.05, 0) is 19.8 Å². The molecular weight excluding hydrogens is 128 g/mol. The van der Waals surface area contributed by atoms with Gasteiger partial charge in [-0.15, -0.1) is 0 Å². The summed E-state index contributed by atoms with van der Waals surface area (Å²) in [5.41, 5.74) is 5.42. The number of hydrogen-bond donors (Lipinski definition) is 1. The topological polar surface area (TPSA) is 46.3 Å². The fourth-order valence-electron chi connectivity index (χ4n) is 1.23. The van der Waals surface area contributed by atoms with Crippen LogP contribution in [-0.4, -0.2) is 29.9 Å². The average molecular weight is 142 g/mol. The number of carbonyl (C=O) groups excluding carboxylic acids is 1. The van der Waals surface area contributed by atoms with Crippen LogP contribution in [0, 0.1) is 0 Å². The van der Waals surface area contributed by atoms with Crippen LogP contribution in [0.25, 0.3) is 0 Å². The quantitative estimate of drug-likeness (QED) is 0.558. The number of nitrogens with zero attached hydrogens (tertiary/aromatic N) is 1. The summed E-state index contributed by atoms with van der Waals surface area (Å²) in [5.74, 6) is 0.0949. The summed E-state index contributed by atoms with van der Waals surface area (Å²) in [6.45, 7) is 3.54. The second kappa shape index (κ2) is 3.01. The lowest BCUT2D eigenvalue weighted by molar-refractivity contribution is -0.131. The molecule has 0 spiro atoms. The third kappa shape index (κ3) is 1.48. The molecule has 0 aromatic heterocycles. The molecule has 1 rings (SSSR count). The van der Waals surface area contributed by atoms with Crippen molar-refractivity contribution in [1.29, 1.82) is 0 Å². The number of rotatable bonds is 1. The number of hydrogen-bond acceptors (Lipinski definition) is 2. The maximum absolute atomic E-state index is 11.1. The molecule has 0 aromatic carbocycles. The van der Waals surface area contributed by atoms with Gasteiger partial charge in [-0.3, -0.25) is 4.79 Å². The highest BCUT2D eigenvalue weighted by molar-refractivity contribution is 5.81. The summed E-state index contributed by atoms with van der Waals surface area (Å²) in [6, 6.07) is -0.321. The van der Waals surface area contributed by atoms with Crippen molar-refractivity contribution in [2.24, 2.45) is 5.73 Å². The number of likely N-dealkylation sites (tertiary alicyclic amines) is 1. The second-order valence-electron chi connectivity index (χ2n) is 2.82. The van der Waals surface area contributed by atoms with E-state index in [1.54, 1.807) is 6.92 Å². The Hall–Kier alpha value is -0.570. The molecule has 0 aromatic rings. The summed E-state index contributed by atoms with van der Waals surface area (Å²) in [6.07, 6.45) is 2.27. The van der Waals surface area contributed by atoms with Crippen LogP contribution in [0.3, 0.4) is 0 Å². The van der Waals surface area contributed by atoms with Gasteiger partial charge >= 0.3 is 0 Å². The highest BCUT2D eigenvalue weighted by Crippen LogP contribution is 2.07. The molecule has 3 nitrogen and oxygen atoms in total. The molecule has 1 saturated heterocycles. The van der Waals surface area contributed by atoms with Gasteiger partial charge in [0.1, 0.15) is 0 Å². The molecule has 3 heteroatoms. The van der Waals surface area contributed by atoms with Gasteiger partial charge in [0.2, 0.25) is 5.91 Å². The summed E-state index contributed by atoms with van der Waals surface area (Å²) in [7, 11) is 0. The van der Waals surface area contributed by atoms with E-state index in [1.165, 1.54) is 0 Å². The van der Waals surface area contributed by atoms with E-state index >= 15 is 0 Å². The van der Waals surface area contributed by atoms with Gasteiger partial charge in [-0.1, -0.05) is 0 Å². The van der Waals surface area contributed by atoms with Gasteiger partial charge in [-0.2, -0.15) is 0 Å². The van der Waals surface area contributed by atoms with Crippen molar-refractivity contribution in [2.45, 2.75) is 25.8 Å². The van der Waals surface area contributed by atoms with Crippen LogP contribution in [0.5, 0.6) is 0 Å². The Kier molecular flexibility index (Phi) is 2.27. The normalized spacial score (nSPS) is 21.2. The molecule has 0 bridgehead atoms. The van der Waals surface area contributed by atoms with Crippen LogP contribution in [-0.2, 0) is 4.79 Å². The minimum absolute atomic E-state index is 0.0949. The maximum Gasteiger partial charge on any atom is 0.239 e. The Morgan fingerprint density at radius 3 is 2.40 bits per heavy atom. The van der Waals surface area contributed by atoms with E-state index in [2.05, 4.69) is 0 Å². The predicted octanol–water partition coefficient (Wildman–Crippen LogP) is -0.0440. The van der Waals surface area contributed by atoms with Crippen molar-refractivity contribution in [3.63, 3.8) is 0 Å². The molecule has 1 aliphatic heterocycles. The van der Waals surface area contributed by atoms with Crippen LogP contribution in [0.1, 0.15) is 19.8 Å². The lowest BCUT2D eigenvalue weighted by Gasteiger charge is -2.16. The first-order chi connectivity index (χ1) is 4.72. The predicted molar refractivity (Wildman–Crippen MR) is 39.5 cm³/mol. The monoisotopic (exact) mass is 142 g/mol. The highest BCUT2D eigenvalue weighted by Gasteiger charge is 2.19. The van der Waals surface area contributed by atoms with Crippen LogP contribution < -0.4 is 5.73 Å². The molecule has 0 radical (unpaired) electrons. The zero-order valence-corrected chi connectivity index (χ0v) is 6.34. The third-order valence-electron chi connectivity index (χ3n) is 1.81. The van der Waals surface area contributed by atoms with Crippen molar-refractivity contribution in [1.82, 2.24) is 4.90 Å². The summed E-state index contributed by atoms with van der Waals surface area (Å²) >= 11 is 0. The van der Waals surface area contributed by atoms with E-state index in [-0.39, 0.29) is 11.9 Å². The molecule has 0 saturated carbocycles. The standard InChI is InChI=1S/C7H14N2O/c1-6(8)7(10)9-4-2-3-5-9/h6H,2-5,8H2,1H3/t6-/m0/s1. The van der Waals surface area contributed by atoms with E-state index < -0.39 is 0 Å². The first kappa shape index (κ1) is 7.54. The smallest absolute Gasteiger partial charge is 0.239 e. The van der Waals surface area contributed by atoms with Crippen molar-refractivity contribution in [3.8, 4) is 0 Å². The van der Waals surface area contributed by atoms with Crippen molar-refractivity contribution >= 4 is 5.91 Å². The van der Waals surface area contributed by atoms with Gasteiger partial charge in [0.05, 0.1) is 6.04 Å². The lowest BCUT2D eigenvalue weighted by Crippen LogP contribution is -2.40. The molecule has 1 fully saturated rings. The molecule has 0 unspecified atom stereocenters. The lowest BCUT2D eigenvalue weighted by atomic mass is 10.3. The van der Waals surface area contributed by atoms with Crippen molar-refractivity contribution in [2.75, 3.05) is 13.1 Å². The molecule has 0 aliphatic carbocycles. The molecule has 1 aliphatic rings. The highest BCUT2D eigenvalue weighted by atomic mass is 16.2. The van der Waals surface area contributed by atoms with Crippen molar-refractivity contribution in [3.05, 3.63) is 0 Å². The van der Waals surface area contributed by atoms with Crippen LogP contribution in [0.4, 0.5) is 0 Å². The van der Waals surface area contributed by atoms with Crippen LogP contribution >= 0.6 is 0 Å². The Bertz CT molecular complexity index is 128. The Balaban J connectivity index is 2.40. The molecule has 10 heavy (non-hydrogen) atoms. The minimum atomic E-state index is -0.321. The first-order valence-corrected chi connectivity index (χ1v) is 3.76. The molecule has 1 heterocycles. The zero-order chi connectivity index (χ0) is 7.56. The minimum Gasteiger partial charge on any atom is -0.341 e. The first-order valence-electron chi connectivity index (χ1n) is 3.76.